The van der Waals surface area contributed by atoms with Crippen molar-refractivity contribution in [2.75, 3.05) is 25.6 Å². The van der Waals surface area contributed by atoms with Gasteiger partial charge in [0.2, 0.25) is 0 Å². The molecule has 2 heterocycles. The number of pyridine rings is 1. The number of nitrogens with zero attached hydrogens (tertiary/aromatic N) is 3. The number of Topliss-reactive ketones (excluding diaryl/α,β-unsaturated/α-hetero) is 1. The Morgan fingerprint density at radius 2 is 1.77 bits per heavy atom. The molecule has 8 heteroatoms. The number of aliphatic hydroxyl groups excluding tert-OH is 1. The molecule has 1 atom stereocenters. The van der Waals surface area contributed by atoms with Crippen LogP contribution in [0.2, 0.25) is 5.02 Å². The average Bonchev–Trinajstić information content (AvgIpc) is 3.10. The maximum atomic E-state index is 13.3. The molecule has 0 spiro atoms. The van der Waals surface area contributed by atoms with Crippen LogP contribution >= 0.6 is 11.6 Å². The monoisotopic (exact) mass is 491 g/mol. The first-order valence-electron chi connectivity index (χ1n) is 11.2. The number of aromatic nitrogens is 1. The number of likely N-dealkylation sites (tertiary alicyclic amines) is 1. The number of ketones is 1. The number of amides is 1. The van der Waals surface area contributed by atoms with Gasteiger partial charge < -0.3 is 19.6 Å². The van der Waals surface area contributed by atoms with Gasteiger partial charge in [-0.1, -0.05) is 23.7 Å². The number of aliphatic hydroxyl groups is 1. The Morgan fingerprint density at radius 3 is 2.40 bits per heavy atom. The first-order valence-corrected chi connectivity index (χ1v) is 11.6. The summed E-state index contributed by atoms with van der Waals surface area (Å²) in [7, 11) is 3.86. The van der Waals surface area contributed by atoms with Crippen molar-refractivity contribution in [3.63, 3.8) is 0 Å². The van der Waals surface area contributed by atoms with Gasteiger partial charge in [-0.25, -0.2) is 0 Å². The second kappa shape index (κ2) is 10.2. The van der Waals surface area contributed by atoms with Crippen molar-refractivity contribution in [3.8, 4) is 5.75 Å². The molecular formula is C27H26ClN3O4. The Morgan fingerprint density at radius 1 is 1.09 bits per heavy atom. The van der Waals surface area contributed by atoms with E-state index in [1.54, 1.807) is 42.7 Å². The summed E-state index contributed by atoms with van der Waals surface area (Å²) in [4.78, 5) is 33.9. The predicted octanol–water partition coefficient (Wildman–Crippen LogP) is 4.82. The first kappa shape index (κ1) is 24.3. The molecule has 1 saturated heterocycles. The zero-order valence-electron chi connectivity index (χ0n) is 19.7. The van der Waals surface area contributed by atoms with Crippen LogP contribution in [0.5, 0.6) is 5.75 Å². The molecule has 1 N–H and O–H groups in total. The molecule has 1 aliphatic rings. The highest BCUT2D eigenvalue weighted by molar-refractivity contribution is 6.46. The number of ether oxygens (including phenoxy) is 1. The van der Waals surface area contributed by atoms with Crippen LogP contribution in [0.4, 0.5) is 5.69 Å². The maximum absolute atomic E-state index is 13.3. The van der Waals surface area contributed by atoms with E-state index >= 15 is 0 Å². The summed E-state index contributed by atoms with van der Waals surface area (Å²) in [5.41, 5.74) is 2.87. The third-order valence-corrected chi connectivity index (χ3v) is 6.18. The van der Waals surface area contributed by atoms with Gasteiger partial charge in [-0.15, -0.1) is 0 Å². The third-order valence-electron chi connectivity index (χ3n) is 5.87. The predicted molar refractivity (Wildman–Crippen MR) is 135 cm³/mol. The molecule has 0 bridgehead atoms. The van der Waals surface area contributed by atoms with E-state index in [-0.39, 0.29) is 17.9 Å². The topological polar surface area (TPSA) is 83.0 Å². The molecule has 180 valence electrons. The lowest BCUT2D eigenvalue weighted by atomic mass is 9.95. The zero-order valence-corrected chi connectivity index (χ0v) is 20.5. The van der Waals surface area contributed by atoms with Crippen LogP contribution in [-0.4, -0.2) is 47.4 Å². The summed E-state index contributed by atoms with van der Waals surface area (Å²) in [6.45, 7) is 2.40. The van der Waals surface area contributed by atoms with Crippen LogP contribution in [0, 0.1) is 0 Å². The molecule has 0 radical (unpaired) electrons. The average molecular weight is 492 g/mol. The number of hydrogen-bond acceptors (Lipinski definition) is 6. The number of halogens is 1. The van der Waals surface area contributed by atoms with Crippen molar-refractivity contribution in [2.45, 2.75) is 19.5 Å². The molecule has 0 aliphatic carbocycles. The molecule has 7 nitrogen and oxygen atoms in total. The lowest BCUT2D eigenvalue weighted by Crippen LogP contribution is -2.29. The Labute approximate surface area is 209 Å². The van der Waals surface area contributed by atoms with E-state index in [0.717, 1.165) is 11.3 Å². The van der Waals surface area contributed by atoms with Crippen LogP contribution in [0.3, 0.4) is 0 Å². The first-order chi connectivity index (χ1) is 16.8. The third kappa shape index (κ3) is 4.86. The zero-order chi connectivity index (χ0) is 25.1. The number of hydrogen-bond donors (Lipinski definition) is 1. The second-order valence-electron chi connectivity index (χ2n) is 8.35. The lowest BCUT2D eigenvalue weighted by molar-refractivity contribution is -0.140. The molecule has 0 saturated carbocycles. The van der Waals surface area contributed by atoms with E-state index in [1.165, 1.54) is 4.90 Å². The van der Waals surface area contributed by atoms with Crippen molar-refractivity contribution in [1.29, 1.82) is 0 Å². The fraction of sp³-hybridized carbons (Fsp3) is 0.222. The Balaban J connectivity index is 1.85. The Bertz CT molecular complexity index is 1270. The standard InChI is InChI=1S/C27H26ClN3O4/c1-4-35-22-15-19(7-10-21(22)28)25(32)23-24(18-5-8-20(9-6-18)30(2)3)31(27(34)26(23)33)16-17-11-13-29-14-12-17/h5-15,24,32H,4,16H2,1-3H3/b25-23-. The van der Waals surface area contributed by atoms with E-state index in [0.29, 0.717) is 28.5 Å². The minimum Gasteiger partial charge on any atom is -0.507 e. The molecule has 2 aromatic carbocycles. The molecule has 35 heavy (non-hydrogen) atoms. The molecule has 1 aliphatic heterocycles. The fourth-order valence-electron chi connectivity index (χ4n) is 4.10. The number of carbonyl (C=O) groups excluding carboxylic acids is 2. The van der Waals surface area contributed by atoms with E-state index in [2.05, 4.69) is 4.98 Å². The van der Waals surface area contributed by atoms with E-state index in [1.807, 2.05) is 50.2 Å². The summed E-state index contributed by atoms with van der Waals surface area (Å²) in [6, 6.07) is 15.1. The molecule has 3 aromatic rings. The normalized spacial score (nSPS) is 17.0. The summed E-state index contributed by atoms with van der Waals surface area (Å²) >= 11 is 6.21. The second-order valence-corrected chi connectivity index (χ2v) is 8.75. The summed E-state index contributed by atoms with van der Waals surface area (Å²) in [5.74, 6) is -1.31. The van der Waals surface area contributed by atoms with E-state index in [9.17, 15) is 14.7 Å². The van der Waals surface area contributed by atoms with Crippen LogP contribution in [0.25, 0.3) is 5.76 Å². The van der Waals surface area contributed by atoms with Crippen LogP contribution in [0.15, 0.2) is 72.6 Å². The van der Waals surface area contributed by atoms with Gasteiger partial charge in [0.25, 0.3) is 11.7 Å². The minimum absolute atomic E-state index is 0.0198. The molecular weight excluding hydrogens is 466 g/mol. The van der Waals surface area contributed by atoms with Crippen molar-refractivity contribution < 1.29 is 19.4 Å². The summed E-state index contributed by atoms with van der Waals surface area (Å²) < 4.78 is 5.55. The Kier molecular flexibility index (Phi) is 7.07. The summed E-state index contributed by atoms with van der Waals surface area (Å²) in [6.07, 6.45) is 3.27. The van der Waals surface area contributed by atoms with Gasteiger partial charge in [-0.2, -0.15) is 0 Å². The number of carbonyl (C=O) groups is 2. The Hall–Kier alpha value is -3.84. The van der Waals surface area contributed by atoms with Crippen LogP contribution in [-0.2, 0) is 16.1 Å². The SMILES string of the molecule is CCOc1cc(/C(O)=C2/C(=O)C(=O)N(Cc3ccncc3)C2c2ccc(N(C)C)cc2)ccc1Cl. The lowest BCUT2D eigenvalue weighted by Gasteiger charge is -2.26. The van der Waals surface area contributed by atoms with Gasteiger partial charge in [0.05, 0.1) is 23.2 Å². The van der Waals surface area contributed by atoms with Gasteiger partial charge in [-0.05, 0) is 60.5 Å². The van der Waals surface area contributed by atoms with Gasteiger partial charge in [0, 0.05) is 44.3 Å². The highest BCUT2D eigenvalue weighted by Crippen LogP contribution is 2.41. The molecule has 1 amide bonds. The van der Waals surface area contributed by atoms with Crippen molar-refractivity contribution in [3.05, 3.63) is 94.3 Å². The van der Waals surface area contributed by atoms with Gasteiger partial charge in [0.1, 0.15) is 11.5 Å². The van der Waals surface area contributed by atoms with Crippen molar-refractivity contribution >= 4 is 34.7 Å². The molecule has 1 unspecified atom stereocenters. The minimum atomic E-state index is -0.773. The van der Waals surface area contributed by atoms with E-state index in [4.69, 9.17) is 16.3 Å². The molecule has 4 rings (SSSR count). The quantitative estimate of drug-likeness (QED) is 0.290. The molecule has 1 aromatic heterocycles. The summed E-state index contributed by atoms with van der Waals surface area (Å²) in [5, 5.41) is 11.7. The van der Waals surface area contributed by atoms with Crippen LogP contribution < -0.4 is 9.64 Å². The van der Waals surface area contributed by atoms with Gasteiger partial charge >= 0.3 is 0 Å². The smallest absolute Gasteiger partial charge is 0.295 e. The number of anilines is 1. The largest absolute Gasteiger partial charge is 0.507 e. The highest BCUT2D eigenvalue weighted by atomic mass is 35.5. The molecule has 1 fully saturated rings. The van der Waals surface area contributed by atoms with Crippen molar-refractivity contribution in [2.24, 2.45) is 0 Å². The van der Waals surface area contributed by atoms with Gasteiger partial charge in [0.15, 0.2) is 0 Å². The fourth-order valence-corrected chi connectivity index (χ4v) is 4.27. The van der Waals surface area contributed by atoms with Crippen molar-refractivity contribution in [1.82, 2.24) is 9.88 Å². The maximum Gasteiger partial charge on any atom is 0.295 e. The van der Waals surface area contributed by atoms with Gasteiger partial charge in [-0.3, -0.25) is 14.6 Å². The highest BCUT2D eigenvalue weighted by Gasteiger charge is 2.46. The number of benzene rings is 2. The number of rotatable bonds is 7. The van der Waals surface area contributed by atoms with Crippen LogP contribution in [0.1, 0.15) is 29.7 Å². The van der Waals surface area contributed by atoms with E-state index < -0.39 is 17.7 Å².